The fourth-order valence-corrected chi connectivity index (χ4v) is 5.80. The van der Waals surface area contributed by atoms with Crippen molar-refractivity contribution in [2.75, 3.05) is 24.6 Å². The lowest BCUT2D eigenvalue weighted by Crippen LogP contribution is -2.46. The summed E-state index contributed by atoms with van der Waals surface area (Å²) in [5, 5.41) is 3.12. The molecule has 0 radical (unpaired) electrons. The average Bonchev–Trinajstić information content (AvgIpc) is 3.08. The molecule has 0 N–H and O–H groups in total. The topological polar surface area (TPSA) is 67.3 Å². The number of thiazole rings is 1. The predicted octanol–water partition coefficient (Wildman–Crippen LogP) is 1.46. The number of carbonyl (C=O) groups is 1. The summed E-state index contributed by atoms with van der Waals surface area (Å²) >= 11 is 1.67. The molecule has 1 aromatic rings. The maximum absolute atomic E-state index is 12.4. The van der Waals surface area contributed by atoms with Gasteiger partial charge in [0.2, 0.25) is 5.91 Å². The third-order valence-electron chi connectivity index (χ3n) is 4.71. The summed E-state index contributed by atoms with van der Waals surface area (Å²) in [5.41, 5.74) is 0.0483. The van der Waals surface area contributed by atoms with E-state index < -0.39 is 9.84 Å². The fraction of sp³-hybridized carbons (Fsp3) is 0.714. The highest BCUT2D eigenvalue weighted by molar-refractivity contribution is 7.91. The summed E-state index contributed by atoms with van der Waals surface area (Å²) in [4.78, 5) is 18.7. The van der Waals surface area contributed by atoms with Crippen molar-refractivity contribution in [1.82, 2.24) is 9.88 Å². The van der Waals surface area contributed by atoms with E-state index in [0.717, 1.165) is 17.8 Å². The van der Waals surface area contributed by atoms with Crippen LogP contribution in [-0.2, 0) is 20.0 Å². The maximum atomic E-state index is 12.4. The molecule has 1 atom stereocenters. The van der Waals surface area contributed by atoms with Crippen molar-refractivity contribution in [1.29, 1.82) is 0 Å². The number of piperidine rings is 1. The van der Waals surface area contributed by atoms with Crippen LogP contribution >= 0.6 is 11.3 Å². The minimum atomic E-state index is -2.99. The third kappa shape index (κ3) is 2.99. The summed E-state index contributed by atoms with van der Waals surface area (Å²) < 4.78 is 23.0. The molecule has 2 saturated heterocycles. The summed E-state index contributed by atoms with van der Waals surface area (Å²) in [6.45, 7) is 3.60. The van der Waals surface area contributed by atoms with Crippen LogP contribution in [0.4, 0.5) is 0 Å². The normalized spacial score (nSPS) is 27.7. The van der Waals surface area contributed by atoms with E-state index in [-0.39, 0.29) is 28.7 Å². The zero-order valence-corrected chi connectivity index (χ0v) is 13.8. The van der Waals surface area contributed by atoms with E-state index in [9.17, 15) is 13.2 Å². The van der Waals surface area contributed by atoms with Crippen molar-refractivity contribution in [2.24, 2.45) is 5.92 Å². The minimum absolute atomic E-state index is 0.0252. The third-order valence-corrected chi connectivity index (χ3v) is 7.56. The maximum Gasteiger partial charge on any atom is 0.226 e. The van der Waals surface area contributed by atoms with E-state index in [0.29, 0.717) is 19.5 Å². The Hall–Kier alpha value is -0.950. The highest BCUT2D eigenvalue weighted by Gasteiger charge is 2.39. The van der Waals surface area contributed by atoms with Crippen molar-refractivity contribution < 1.29 is 13.2 Å². The molecule has 116 valence electrons. The zero-order valence-electron chi connectivity index (χ0n) is 12.1. The van der Waals surface area contributed by atoms with Crippen LogP contribution in [0, 0.1) is 5.92 Å². The minimum Gasteiger partial charge on any atom is -0.342 e. The number of sulfone groups is 1. The van der Waals surface area contributed by atoms with E-state index in [1.165, 1.54) is 0 Å². The van der Waals surface area contributed by atoms with Gasteiger partial charge in [0.25, 0.3) is 0 Å². The van der Waals surface area contributed by atoms with Crippen LogP contribution in [0.3, 0.4) is 0 Å². The molecular formula is C14H20N2O3S2. The Bertz CT molecular complexity index is 617. The molecule has 2 aliphatic rings. The van der Waals surface area contributed by atoms with E-state index in [1.54, 1.807) is 11.3 Å². The van der Waals surface area contributed by atoms with Gasteiger partial charge >= 0.3 is 0 Å². The van der Waals surface area contributed by atoms with Gasteiger partial charge in [-0.3, -0.25) is 4.79 Å². The fourth-order valence-electron chi connectivity index (χ4n) is 3.20. The lowest BCUT2D eigenvalue weighted by molar-refractivity contribution is -0.136. The lowest BCUT2D eigenvalue weighted by Gasteiger charge is -2.39. The number of hydrogen-bond acceptors (Lipinski definition) is 5. The van der Waals surface area contributed by atoms with Crippen LogP contribution in [0.2, 0.25) is 0 Å². The molecule has 1 aromatic heterocycles. The molecule has 3 heterocycles. The Balaban J connectivity index is 1.62. The Kier molecular flexibility index (Phi) is 3.81. The van der Waals surface area contributed by atoms with Gasteiger partial charge in [0, 0.05) is 30.1 Å². The van der Waals surface area contributed by atoms with Gasteiger partial charge in [0.15, 0.2) is 9.84 Å². The van der Waals surface area contributed by atoms with E-state index in [4.69, 9.17) is 0 Å². The van der Waals surface area contributed by atoms with Crippen LogP contribution in [-0.4, -0.2) is 48.8 Å². The molecule has 7 heteroatoms. The molecule has 0 aromatic carbocycles. The number of carbonyl (C=O) groups excluding carboxylic acids is 1. The number of rotatable bonds is 2. The molecule has 0 spiro atoms. The molecule has 21 heavy (non-hydrogen) atoms. The summed E-state index contributed by atoms with van der Waals surface area (Å²) in [7, 11) is -2.99. The van der Waals surface area contributed by atoms with Crippen LogP contribution in [0.1, 0.15) is 31.2 Å². The largest absolute Gasteiger partial charge is 0.342 e. The molecule has 3 rings (SSSR count). The standard InChI is InChI=1S/C14H20N2O3S2/c1-14(13-15-5-8-20-13)3-6-16(7-4-14)12(17)11-2-9-21(18,19)10-11/h5,8,11H,2-4,6-7,9-10H2,1H3. The van der Waals surface area contributed by atoms with Crippen LogP contribution in [0.15, 0.2) is 11.6 Å². The van der Waals surface area contributed by atoms with Crippen molar-refractivity contribution in [3.05, 3.63) is 16.6 Å². The van der Waals surface area contributed by atoms with Crippen molar-refractivity contribution in [3.63, 3.8) is 0 Å². The predicted molar refractivity (Wildman–Crippen MR) is 82.0 cm³/mol. The first-order valence-electron chi connectivity index (χ1n) is 7.29. The van der Waals surface area contributed by atoms with E-state index in [2.05, 4.69) is 11.9 Å². The number of nitrogens with zero attached hydrogens (tertiary/aromatic N) is 2. The molecule has 1 unspecified atom stereocenters. The van der Waals surface area contributed by atoms with Crippen molar-refractivity contribution in [2.45, 2.75) is 31.6 Å². The highest BCUT2D eigenvalue weighted by atomic mass is 32.2. The Morgan fingerprint density at radius 2 is 2.14 bits per heavy atom. The molecule has 1 amide bonds. The Labute approximate surface area is 129 Å². The summed E-state index contributed by atoms with van der Waals surface area (Å²) in [6, 6.07) is 0. The number of likely N-dealkylation sites (tertiary alicyclic amines) is 1. The van der Waals surface area contributed by atoms with Gasteiger partial charge in [-0.15, -0.1) is 11.3 Å². The second-order valence-corrected chi connectivity index (χ2v) is 9.45. The van der Waals surface area contributed by atoms with Crippen molar-refractivity contribution in [3.8, 4) is 0 Å². The van der Waals surface area contributed by atoms with E-state index in [1.807, 2.05) is 16.5 Å². The Morgan fingerprint density at radius 1 is 1.43 bits per heavy atom. The SMILES string of the molecule is CC1(c2nccs2)CCN(C(=O)C2CCS(=O)(=O)C2)CC1. The average molecular weight is 328 g/mol. The van der Waals surface area contributed by atoms with Gasteiger partial charge in [0.1, 0.15) is 0 Å². The number of amides is 1. The van der Waals surface area contributed by atoms with Gasteiger partial charge in [-0.05, 0) is 19.3 Å². The molecule has 2 fully saturated rings. The van der Waals surface area contributed by atoms with Crippen LogP contribution < -0.4 is 0 Å². The van der Waals surface area contributed by atoms with Gasteiger partial charge in [0.05, 0.1) is 22.4 Å². The lowest BCUT2D eigenvalue weighted by atomic mass is 9.80. The van der Waals surface area contributed by atoms with Gasteiger partial charge in [-0.2, -0.15) is 0 Å². The number of aromatic nitrogens is 1. The molecule has 5 nitrogen and oxygen atoms in total. The second kappa shape index (κ2) is 5.35. The zero-order chi connectivity index (χ0) is 15.1. The van der Waals surface area contributed by atoms with Crippen molar-refractivity contribution >= 4 is 27.1 Å². The van der Waals surface area contributed by atoms with Gasteiger partial charge in [-0.25, -0.2) is 13.4 Å². The molecule has 0 saturated carbocycles. The summed E-state index contributed by atoms with van der Waals surface area (Å²) in [6.07, 6.45) is 4.10. The van der Waals surface area contributed by atoms with Gasteiger partial charge in [-0.1, -0.05) is 6.92 Å². The first-order chi connectivity index (χ1) is 9.90. The second-order valence-electron chi connectivity index (χ2n) is 6.32. The van der Waals surface area contributed by atoms with Crippen LogP contribution in [0.25, 0.3) is 0 Å². The molecular weight excluding hydrogens is 308 g/mol. The highest BCUT2D eigenvalue weighted by Crippen LogP contribution is 2.36. The monoisotopic (exact) mass is 328 g/mol. The smallest absolute Gasteiger partial charge is 0.226 e. The number of hydrogen-bond donors (Lipinski definition) is 0. The summed E-state index contributed by atoms with van der Waals surface area (Å²) in [5.74, 6) is -0.100. The molecule has 0 bridgehead atoms. The molecule has 0 aliphatic carbocycles. The quantitative estimate of drug-likeness (QED) is 0.824. The molecule has 2 aliphatic heterocycles. The van der Waals surface area contributed by atoms with Crippen LogP contribution in [0.5, 0.6) is 0 Å². The Morgan fingerprint density at radius 3 is 2.67 bits per heavy atom. The van der Waals surface area contributed by atoms with Gasteiger partial charge < -0.3 is 4.90 Å². The first-order valence-corrected chi connectivity index (χ1v) is 9.99. The van der Waals surface area contributed by atoms with E-state index >= 15 is 0 Å². The first kappa shape index (κ1) is 15.0.